The summed E-state index contributed by atoms with van der Waals surface area (Å²) in [5.41, 5.74) is 0.524. The summed E-state index contributed by atoms with van der Waals surface area (Å²) in [5.74, 6) is -1.65. The van der Waals surface area contributed by atoms with Crippen LogP contribution in [-0.2, 0) is 9.59 Å². The second kappa shape index (κ2) is 7.27. The summed E-state index contributed by atoms with van der Waals surface area (Å²) in [4.78, 5) is 27.0. The number of carbonyl (C=O) groups is 2. The lowest BCUT2D eigenvalue weighted by Gasteiger charge is -2.23. The van der Waals surface area contributed by atoms with Gasteiger partial charge in [0.2, 0.25) is 0 Å². The quantitative estimate of drug-likeness (QED) is 0.411. The molecular formula is C22H16FNO5. The summed E-state index contributed by atoms with van der Waals surface area (Å²) in [5, 5.41) is 10.8. The van der Waals surface area contributed by atoms with Crippen LogP contribution in [0.3, 0.4) is 0 Å². The Kier molecular flexibility index (Phi) is 4.64. The molecule has 4 rings (SSSR count). The maximum Gasteiger partial charge on any atom is 0.300 e. The van der Waals surface area contributed by atoms with Crippen LogP contribution in [0.4, 0.5) is 10.1 Å². The molecule has 0 bridgehead atoms. The summed E-state index contributed by atoms with van der Waals surface area (Å²) in [7, 11) is 1.52. The molecule has 1 aliphatic rings. The van der Waals surface area contributed by atoms with Gasteiger partial charge in [-0.3, -0.25) is 14.5 Å². The third kappa shape index (κ3) is 3.16. The van der Waals surface area contributed by atoms with Crippen molar-refractivity contribution in [3.05, 3.63) is 89.6 Å². The number of ketones is 1. The second-order valence-electron chi connectivity index (χ2n) is 6.39. The van der Waals surface area contributed by atoms with Crippen molar-refractivity contribution in [2.45, 2.75) is 6.04 Å². The van der Waals surface area contributed by atoms with Gasteiger partial charge in [-0.15, -0.1) is 0 Å². The Morgan fingerprint density at radius 3 is 2.34 bits per heavy atom. The molecule has 1 aliphatic heterocycles. The van der Waals surface area contributed by atoms with Crippen LogP contribution in [-0.4, -0.2) is 23.9 Å². The van der Waals surface area contributed by atoms with Crippen molar-refractivity contribution in [1.29, 1.82) is 0 Å². The molecule has 1 atom stereocenters. The van der Waals surface area contributed by atoms with Gasteiger partial charge in [-0.05, 0) is 60.7 Å². The molecule has 2 heterocycles. The number of aliphatic hydroxyl groups excluding tert-OH is 1. The van der Waals surface area contributed by atoms with E-state index in [4.69, 9.17) is 9.15 Å². The minimum atomic E-state index is -0.969. The molecule has 1 N–H and O–H groups in total. The molecule has 3 aromatic rings. The van der Waals surface area contributed by atoms with Crippen molar-refractivity contribution in [1.82, 2.24) is 0 Å². The van der Waals surface area contributed by atoms with Gasteiger partial charge >= 0.3 is 0 Å². The smallest absolute Gasteiger partial charge is 0.300 e. The molecule has 146 valence electrons. The lowest BCUT2D eigenvalue weighted by molar-refractivity contribution is -0.132. The Morgan fingerprint density at radius 2 is 1.76 bits per heavy atom. The van der Waals surface area contributed by atoms with Gasteiger partial charge in [-0.25, -0.2) is 4.39 Å². The van der Waals surface area contributed by atoms with E-state index in [0.717, 1.165) is 12.1 Å². The second-order valence-corrected chi connectivity index (χ2v) is 6.39. The number of amides is 1. The molecule has 1 aromatic heterocycles. The van der Waals surface area contributed by atoms with Gasteiger partial charge in [-0.1, -0.05) is 0 Å². The minimum absolute atomic E-state index is 0.132. The number of Topliss-reactive ketones (excluding diaryl/α,β-unsaturated/α-hetero) is 1. The highest BCUT2D eigenvalue weighted by Gasteiger charge is 2.48. The first kappa shape index (κ1) is 18.5. The summed E-state index contributed by atoms with van der Waals surface area (Å²) in [6.45, 7) is 0. The Bertz CT molecular complexity index is 1090. The number of rotatable bonds is 4. The number of methoxy groups -OCH3 is 1. The molecule has 1 unspecified atom stereocenters. The molecule has 0 radical (unpaired) electrons. The van der Waals surface area contributed by atoms with E-state index < -0.39 is 29.3 Å². The number of benzene rings is 2. The average molecular weight is 393 g/mol. The highest BCUT2D eigenvalue weighted by molar-refractivity contribution is 6.51. The molecule has 2 aromatic carbocycles. The van der Waals surface area contributed by atoms with Crippen molar-refractivity contribution in [3.63, 3.8) is 0 Å². The predicted molar refractivity (Wildman–Crippen MR) is 103 cm³/mol. The number of anilines is 1. The van der Waals surface area contributed by atoms with Crippen molar-refractivity contribution >= 4 is 23.1 Å². The fourth-order valence-electron chi connectivity index (χ4n) is 3.32. The van der Waals surface area contributed by atoms with Crippen molar-refractivity contribution in [2.24, 2.45) is 0 Å². The third-order valence-corrected chi connectivity index (χ3v) is 4.73. The topological polar surface area (TPSA) is 80.0 Å². The number of halogens is 1. The van der Waals surface area contributed by atoms with Crippen LogP contribution < -0.4 is 9.64 Å². The fraction of sp³-hybridized carbons (Fsp3) is 0.0909. The lowest BCUT2D eigenvalue weighted by atomic mass is 9.99. The van der Waals surface area contributed by atoms with Gasteiger partial charge in [0.05, 0.1) is 18.9 Å². The minimum Gasteiger partial charge on any atom is -0.507 e. The molecule has 1 fully saturated rings. The maximum absolute atomic E-state index is 13.3. The van der Waals surface area contributed by atoms with Gasteiger partial charge in [0.15, 0.2) is 0 Å². The van der Waals surface area contributed by atoms with Crippen LogP contribution in [0.5, 0.6) is 5.75 Å². The van der Waals surface area contributed by atoms with Gasteiger partial charge in [0, 0.05) is 11.3 Å². The normalized spacial score (nSPS) is 18.3. The first-order chi connectivity index (χ1) is 14.0. The molecule has 6 nitrogen and oxygen atoms in total. The summed E-state index contributed by atoms with van der Waals surface area (Å²) in [6.07, 6.45) is 1.42. The van der Waals surface area contributed by atoms with E-state index in [1.54, 1.807) is 36.4 Å². The Morgan fingerprint density at radius 1 is 1.07 bits per heavy atom. The highest BCUT2D eigenvalue weighted by atomic mass is 19.1. The maximum atomic E-state index is 13.3. The van der Waals surface area contributed by atoms with Gasteiger partial charge in [0.1, 0.15) is 29.1 Å². The van der Waals surface area contributed by atoms with E-state index in [9.17, 15) is 19.1 Å². The first-order valence-corrected chi connectivity index (χ1v) is 8.75. The SMILES string of the molecule is COc1ccc(N2C(=O)C(=O)/C(=C(\O)c3ccc(F)cc3)C2c2ccco2)cc1. The molecule has 29 heavy (non-hydrogen) atoms. The third-order valence-electron chi connectivity index (χ3n) is 4.73. The number of furan rings is 1. The lowest BCUT2D eigenvalue weighted by Crippen LogP contribution is -2.29. The number of hydrogen-bond donors (Lipinski definition) is 1. The Balaban J connectivity index is 1.88. The van der Waals surface area contributed by atoms with Crippen LogP contribution in [0, 0.1) is 5.82 Å². The first-order valence-electron chi connectivity index (χ1n) is 8.75. The van der Waals surface area contributed by atoms with E-state index in [-0.39, 0.29) is 11.1 Å². The average Bonchev–Trinajstić information content (AvgIpc) is 3.35. The van der Waals surface area contributed by atoms with Crippen molar-refractivity contribution < 1.29 is 28.2 Å². The largest absolute Gasteiger partial charge is 0.507 e. The number of aliphatic hydroxyl groups is 1. The van der Waals surface area contributed by atoms with E-state index in [2.05, 4.69) is 0 Å². The number of nitrogens with zero attached hydrogens (tertiary/aromatic N) is 1. The molecule has 0 spiro atoms. The van der Waals surface area contributed by atoms with Gasteiger partial charge < -0.3 is 14.3 Å². The van der Waals surface area contributed by atoms with Crippen molar-refractivity contribution in [2.75, 3.05) is 12.0 Å². The Labute approximate surface area is 165 Å². The fourth-order valence-corrected chi connectivity index (χ4v) is 3.32. The molecule has 1 amide bonds. The summed E-state index contributed by atoms with van der Waals surface area (Å²) >= 11 is 0. The van der Waals surface area contributed by atoms with Gasteiger partial charge in [-0.2, -0.15) is 0 Å². The predicted octanol–water partition coefficient (Wildman–Crippen LogP) is 4.05. The van der Waals surface area contributed by atoms with Crippen LogP contribution in [0.15, 0.2) is 76.9 Å². The van der Waals surface area contributed by atoms with E-state index in [1.807, 2.05) is 0 Å². The highest BCUT2D eigenvalue weighted by Crippen LogP contribution is 2.42. The number of ether oxygens (including phenoxy) is 1. The molecule has 0 aliphatic carbocycles. The molecule has 1 saturated heterocycles. The van der Waals surface area contributed by atoms with Crippen LogP contribution in [0.2, 0.25) is 0 Å². The van der Waals surface area contributed by atoms with Crippen molar-refractivity contribution in [3.8, 4) is 5.75 Å². The standard InChI is InChI=1S/C22H16FNO5/c1-28-16-10-8-15(9-11-16)24-19(17-3-2-12-29-17)18(21(26)22(24)27)20(25)13-4-6-14(23)7-5-13/h2-12,19,25H,1H3/b20-18-. The van der Waals surface area contributed by atoms with E-state index in [1.165, 1.54) is 30.4 Å². The molecule has 7 heteroatoms. The van der Waals surface area contributed by atoms with Crippen LogP contribution >= 0.6 is 0 Å². The molecule has 0 saturated carbocycles. The number of hydrogen-bond acceptors (Lipinski definition) is 5. The zero-order valence-corrected chi connectivity index (χ0v) is 15.3. The van der Waals surface area contributed by atoms with Crippen LogP contribution in [0.1, 0.15) is 17.4 Å². The monoisotopic (exact) mass is 393 g/mol. The van der Waals surface area contributed by atoms with Crippen LogP contribution in [0.25, 0.3) is 5.76 Å². The summed E-state index contributed by atoms with van der Waals surface area (Å²) < 4.78 is 23.9. The zero-order chi connectivity index (χ0) is 20.5. The van der Waals surface area contributed by atoms with Gasteiger partial charge in [0.25, 0.3) is 11.7 Å². The number of carbonyl (C=O) groups excluding carboxylic acids is 2. The zero-order valence-electron chi connectivity index (χ0n) is 15.3. The summed E-state index contributed by atoms with van der Waals surface area (Å²) in [6, 6.07) is 13.9. The molecular weight excluding hydrogens is 377 g/mol. The Hall–Kier alpha value is -3.87. The van der Waals surface area contributed by atoms with E-state index in [0.29, 0.717) is 17.2 Å². The van der Waals surface area contributed by atoms with E-state index >= 15 is 0 Å².